The molecule has 6 rings (SSSR count). The van der Waals surface area contributed by atoms with Gasteiger partial charge in [0.05, 0.1) is 38.0 Å². The van der Waals surface area contributed by atoms with E-state index in [1.807, 2.05) is 0 Å². The van der Waals surface area contributed by atoms with Gasteiger partial charge in [0.25, 0.3) is 0 Å². The van der Waals surface area contributed by atoms with Gasteiger partial charge in [0.1, 0.15) is 70.6 Å². The summed E-state index contributed by atoms with van der Waals surface area (Å²) in [7, 11) is -2.18. The van der Waals surface area contributed by atoms with Crippen LogP contribution in [0.3, 0.4) is 0 Å². The summed E-state index contributed by atoms with van der Waals surface area (Å²) in [5, 5.41) is -2.15. The van der Waals surface area contributed by atoms with Gasteiger partial charge in [-0.25, -0.2) is 25.6 Å². The van der Waals surface area contributed by atoms with Gasteiger partial charge < -0.3 is 28.4 Å². The standard InChI is InChI=1S/C50H56F2N4O10S2/c1-35(49(63-5)47-25-15-41(51)29-53-47)67(57,58)55(31-37-7-17-43(61-3)18-8-37)33-39-11-21-45(22-12-39)65-27-28-66-46-23-13-40(14-24-46)34-56(32-38-9-19-44(62-4)20-10-38)68(59,60)36(2)50(64-6)48-26-16-42(52)30-54-48/h7-26,29-30,35-36,49-50H,27-28,31-34H2,1-6H3/t35-,36+,49+,50-. The molecule has 0 unspecified atom stereocenters. The Morgan fingerprint density at radius 2 is 0.750 bits per heavy atom. The third kappa shape index (κ3) is 13.4. The lowest BCUT2D eigenvalue weighted by molar-refractivity contribution is 0.0967. The molecule has 0 amide bonds. The molecule has 4 aromatic carbocycles. The molecule has 0 radical (unpaired) electrons. The van der Waals surface area contributed by atoms with Crippen molar-refractivity contribution in [2.24, 2.45) is 0 Å². The fourth-order valence-electron chi connectivity index (χ4n) is 7.45. The molecule has 0 saturated carbocycles. The summed E-state index contributed by atoms with van der Waals surface area (Å²) in [5.74, 6) is 1.28. The van der Waals surface area contributed by atoms with Crippen molar-refractivity contribution in [1.29, 1.82) is 0 Å². The molecule has 14 nitrogen and oxygen atoms in total. The summed E-state index contributed by atoms with van der Waals surface area (Å²) >= 11 is 0. The second-order valence-electron chi connectivity index (χ2n) is 15.8. The van der Waals surface area contributed by atoms with Crippen LogP contribution in [-0.2, 0) is 55.7 Å². The summed E-state index contributed by atoms with van der Waals surface area (Å²) in [5.41, 5.74) is 3.49. The molecule has 2 heterocycles. The number of hydrogen-bond acceptors (Lipinski definition) is 12. The third-order valence-electron chi connectivity index (χ3n) is 11.3. The van der Waals surface area contributed by atoms with Crippen LogP contribution in [0.15, 0.2) is 134 Å². The smallest absolute Gasteiger partial charge is 0.220 e. The molecule has 0 aliphatic carbocycles. The van der Waals surface area contributed by atoms with Crippen molar-refractivity contribution < 1.29 is 54.0 Å². The lowest BCUT2D eigenvalue weighted by Crippen LogP contribution is -2.40. The van der Waals surface area contributed by atoms with Gasteiger partial charge in [0.2, 0.25) is 20.0 Å². The molecule has 0 saturated heterocycles. The number of aromatic nitrogens is 2. The van der Waals surface area contributed by atoms with Gasteiger partial charge in [0, 0.05) is 40.4 Å². The Labute approximate surface area is 397 Å². The Hall–Kier alpha value is -6.02. The minimum atomic E-state index is -4.04. The number of rotatable bonds is 25. The fourth-order valence-corrected chi connectivity index (χ4v) is 10.8. The van der Waals surface area contributed by atoms with Gasteiger partial charge in [-0.05, 0) is 109 Å². The first-order valence-corrected chi connectivity index (χ1v) is 24.6. The van der Waals surface area contributed by atoms with E-state index in [-0.39, 0.29) is 39.4 Å². The molecule has 0 N–H and O–H groups in total. The van der Waals surface area contributed by atoms with Crippen molar-refractivity contribution >= 4 is 20.0 Å². The molecule has 0 spiro atoms. The number of pyridine rings is 2. The van der Waals surface area contributed by atoms with E-state index in [9.17, 15) is 25.6 Å². The van der Waals surface area contributed by atoms with Gasteiger partial charge in [0.15, 0.2) is 0 Å². The fraction of sp³-hybridized carbons (Fsp3) is 0.320. The van der Waals surface area contributed by atoms with Gasteiger partial charge in [-0.1, -0.05) is 48.5 Å². The Bertz CT molecular complexity index is 2530. The zero-order valence-corrected chi connectivity index (χ0v) is 40.3. The summed E-state index contributed by atoms with van der Waals surface area (Å²) in [6.45, 7) is 3.69. The average molecular weight is 975 g/mol. The van der Waals surface area contributed by atoms with Crippen LogP contribution in [0.4, 0.5) is 8.78 Å². The predicted molar refractivity (Wildman–Crippen MR) is 253 cm³/mol. The second-order valence-corrected chi connectivity index (χ2v) is 20.4. The van der Waals surface area contributed by atoms with Crippen molar-refractivity contribution in [2.45, 2.75) is 62.7 Å². The molecular formula is C50H56F2N4O10S2. The Balaban J connectivity index is 1.08. The van der Waals surface area contributed by atoms with Crippen LogP contribution in [-0.4, -0.2) is 87.6 Å². The topological polar surface area (TPSA) is 156 Å². The van der Waals surface area contributed by atoms with Crippen LogP contribution in [0.2, 0.25) is 0 Å². The van der Waals surface area contributed by atoms with E-state index in [1.54, 1.807) is 125 Å². The number of methoxy groups -OCH3 is 4. The van der Waals surface area contributed by atoms with E-state index in [0.29, 0.717) is 45.5 Å². The van der Waals surface area contributed by atoms with Gasteiger partial charge in [-0.2, -0.15) is 8.61 Å². The third-order valence-corrected chi connectivity index (χ3v) is 15.7. The summed E-state index contributed by atoms with van der Waals surface area (Å²) in [6.07, 6.45) is 0.136. The molecule has 2 aromatic heterocycles. The van der Waals surface area contributed by atoms with Crippen molar-refractivity contribution in [3.63, 3.8) is 0 Å². The van der Waals surface area contributed by atoms with Crippen LogP contribution in [0.5, 0.6) is 23.0 Å². The van der Waals surface area contributed by atoms with Crippen LogP contribution in [0.1, 0.15) is 59.7 Å². The van der Waals surface area contributed by atoms with Crippen molar-refractivity contribution in [1.82, 2.24) is 18.6 Å². The maximum absolute atomic E-state index is 14.3. The zero-order chi connectivity index (χ0) is 48.8. The molecular weight excluding hydrogens is 919 g/mol. The normalized spacial score (nSPS) is 13.7. The van der Waals surface area contributed by atoms with Crippen molar-refractivity contribution in [3.05, 3.63) is 179 Å². The van der Waals surface area contributed by atoms with E-state index in [2.05, 4.69) is 9.97 Å². The Kier molecular flexibility index (Phi) is 18.0. The number of sulfonamides is 2. The van der Waals surface area contributed by atoms with Crippen LogP contribution >= 0.6 is 0 Å². The van der Waals surface area contributed by atoms with Gasteiger partial charge in [-0.15, -0.1) is 0 Å². The van der Waals surface area contributed by atoms with Crippen molar-refractivity contribution in [2.75, 3.05) is 41.7 Å². The van der Waals surface area contributed by atoms with Crippen LogP contribution in [0, 0.1) is 11.6 Å². The highest BCUT2D eigenvalue weighted by Gasteiger charge is 2.38. The quantitative estimate of drug-likeness (QED) is 0.0506. The molecule has 4 atom stereocenters. The first kappa shape index (κ1) is 51.4. The highest BCUT2D eigenvalue weighted by Crippen LogP contribution is 2.31. The van der Waals surface area contributed by atoms with Crippen molar-refractivity contribution in [3.8, 4) is 23.0 Å². The molecule has 0 fully saturated rings. The van der Waals surface area contributed by atoms with Crippen LogP contribution < -0.4 is 18.9 Å². The zero-order valence-electron chi connectivity index (χ0n) is 38.7. The van der Waals surface area contributed by atoms with E-state index in [4.69, 9.17) is 28.4 Å². The summed E-state index contributed by atoms with van der Waals surface area (Å²) in [4.78, 5) is 8.18. The highest BCUT2D eigenvalue weighted by molar-refractivity contribution is 7.90. The molecule has 6 aromatic rings. The van der Waals surface area contributed by atoms with Gasteiger partial charge in [-0.3, -0.25) is 9.97 Å². The monoisotopic (exact) mass is 974 g/mol. The second kappa shape index (κ2) is 23.8. The molecule has 0 bridgehead atoms. The van der Waals surface area contributed by atoms with E-state index in [1.165, 1.54) is 47.1 Å². The minimum Gasteiger partial charge on any atom is -0.497 e. The lowest BCUT2D eigenvalue weighted by atomic mass is 10.2. The first-order chi connectivity index (χ1) is 32.6. The molecule has 0 aliphatic rings. The largest absolute Gasteiger partial charge is 0.497 e. The Morgan fingerprint density at radius 1 is 0.456 bits per heavy atom. The summed E-state index contributed by atoms with van der Waals surface area (Å²) in [6, 6.07) is 33.7. The Morgan fingerprint density at radius 3 is 1.00 bits per heavy atom. The number of ether oxygens (including phenoxy) is 6. The lowest BCUT2D eigenvalue weighted by Gasteiger charge is -2.30. The SMILES string of the molecule is COc1ccc(CN(Cc2ccc(OCCOc3ccc(CN(Cc4ccc(OC)cc4)S(=O)(=O)[C@@H](C)[C@@H](OC)c4ccc(F)cn4)cc3)cc2)S(=O)(=O)[C@H](C)[C@H](OC)c2ccc(F)cn2)cc1. The summed E-state index contributed by atoms with van der Waals surface area (Å²) < 4.78 is 121. The molecule has 68 heavy (non-hydrogen) atoms. The highest BCUT2D eigenvalue weighted by atomic mass is 32.2. The minimum absolute atomic E-state index is 0.0384. The molecule has 18 heteroatoms. The number of benzene rings is 4. The number of nitrogens with zero attached hydrogens (tertiary/aromatic N) is 4. The predicted octanol–water partition coefficient (Wildman–Crippen LogP) is 8.45. The number of halogens is 2. The van der Waals surface area contributed by atoms with E-state index in [0.717, 1.165) is 23.5 Å². The first-order valence-electron chi connectivity index (χ1n) is 21.6. The maximum atomic E-state index is 14.3. The number of hydrogen-bond donors (Lipinski definition) is 0. The molecule has 362 valence electrons. The van der Waals surface area contributed by atoms with E-state index >= 15 is 0 Å². The van der Waals surface area contributed by atoms with Crippen LogP contribution in [0.25, 0.3) is 0 Å². The van der Waals surface area contributed by atoms with E-state index < -0.39 is 54.4 Å². The molecule has 0 aliphatic heterocycles. The average Bonchev–Trinajstić information content (AvgIpc) is 3.35. The van der Waals surface area contributed by atoms with Gasteiger partial charge >= 0.3 is 0 Å². The maximum Gasteiger partial charge on any atom is 0.220 e.